The predicted octanol–water partition coefficient (Wildman–Crippen LogP) is 2.29. The van der Waals surface area contributed by atoms with Crippen LogP contribution in [0.1, 0.15) is 37.2 Å². The van der Waals surface area contributed by atoms with Gasteiger partial charge in [0.2, 0.25) is 17.4 Å². The Morgan fingerprint density at radius 1 is 1.22 bits per heavy atom. The highest BCUT2D eigenvalue weighted by Gasteiger charge is 2.62. The molecular weight excluding hydrogens is 467 g/mol. The molecule has 0 saturated carbocycles. The molecule has 1 N–H and O–H groups in total. The van der Waals surface area contributed by atoms with Crippen LogP contribution in [0.2, 0.25) is 0 Å². The molecule has 4 atom stereocenters. The molecule has 2 fully saturated rings. The summed E-state index contributed by atoms with van der Waals surface area (Å²) in [6.45, 7) is 3.92. The number of benzene rings is 1. The number of fused-ring (bicyclic) bond motifs is 5. The van der Waals surface area contributed by atoms with E-state index in [1.54, 1.807) is 24.1 Å². The molecule has 5 heterocycles. The Morgan fingerprint density at radius 2 is 2.06 bits per heavy atom. The number of aryl methyl sites for hydroxylation is 2. The van der Waals surface area contributed by atoms with Crippen molar-refractivity contribution in [3.05, 3.63) is 53.2 Å². The number of rotatable bonds is 3. The van der Waals surface area contributed by atoms with Crippen LogP contribution in [-0.4, -0.2) is 52.5 Å². The first-order valence-electron chi connectivity index (χ1n) is 12.1. The molecule has 6 rings (SSSR count). The zero-order valence-corrected chi connectivity index (χ0v) is 19.9. The molecule has 9 nitrogen and oxygen atoms in total. The van der Waals surface area contributed by atoms with Crippen LogP contribution >= 0.6 is 0 Å². The lowest BCUT2D eigenvalue weighted by Crippen LogP contribution is -2.72. The molecular formula is C26H25FN4O5. The molecule has 1 spiro atoms. The quantitative estimate of drug-likeness (QED) is 0.438. The summed E-state index contributed by atoms with van der Waals surface area (Å²) in [5.41, 5.74) is 0.737. The molecule has 1 aromatic carbocycles. The number of carbonyl (C=O) groups is 3. The number of halogens is 1. The minimum absolute atomic E-state index is 0.0404. The van der Waals surface area contributed by atoms with E-state index in [1.807, 2.05) is 25.1 Å². The van der Waals surface area contributed by atoms with E-state index in [9.17, 15) is 14.4 Å². The molecule has 1 unspecified atom stereocenters. The van der Waals surface area contributed by atoms with Gasteiger partial charge in [-0.2, -0.15) is 0 Å². The Hall–Kier alpha value is -3.66. The number of pyridine rings is 1. The van der Waals surface area contributed by atoms with Crippen LogP contribution in [0.25, 0.3) is 11.0 Å². The zero-order chi connectivity index (χ0) is 25.2. The Balaban J connectivity index is 1.49. The first kappa shape index (κ1) is 22.8. The van der Waals surface area contributed by atoms with Crippen LogP contribution in [0.4, 0.5) is 10.1 Å². The van der Waals surface area contributed by atoms with Crippen molar-refractivity contribution < 1.29 is 28.0 Å². The number of morpholine rings is 1. The smallest absolute Gasteiger partial charge is 0.242 e. The summed E-state index contributed by atoms with van der Waals surface area (Å²) in [5, 5.41) is 7.00. The first-order valence-corrected chi connectivity index (χ1v) is 12.1. The van der Waals surface area contributed by atoms with Gasteiger partial charge in [-0.15, -0.1) is 0 Å². The highest BCUT2D eigenvalue weighted by atomic mass is 19.1. The summed E-state index contributed by atoms with van der Waals surface area (Å²) in [5.74, 6) is -2.32. The highest BCUT2D eigenvalue weighted by molar-refractivity contribution is 6.22. The average Bonchev–Trinajstić information content (AvgIpc) is 3.24. The molecule has 10 heteroatoms. The number of nitrogens with zero attached hydrogens (tertiary/aromatic N) is 3. The third-order valence-corrected chi connectivity index (χ3v) is 7.60. The number of nitrogens with one attached hydrogen (secondary N) is 1. The number of ether oxygens (including phenoxy) is 1. The number of ketones is 1. The maximum Gasteiger partial charge on any atom is 0.242 e. The van der Waals surface area contributed by atoms with Crippen molar-refractivity contribution in [1.82, 2.24) is 15.5 Å². The molecule has 2 aromatic heterocycles. The van der Waals surface area contributed by atoms with Gasteiger partial charge in [0.15, 0.2) is 11.6 Å². The van der Waals surface area contributed by atoms with E-state index in [0.29, 0.717) is 35.2 Å². The van der Waals surface area contributed by atoms with Gasteiger partial charge in [-0.05, 0) is 56.9 Å². The number of aromatic nitrogens is 2. The number of hydrogen-bond donors (Lipinski definition) is 1. The van der Waals surface area contributed by atoms with Gasteiger partial charge in [0, 0.05) is 23.8 Å². The van der Waals surface area contributed by atoms with Crippen molar-refractivity contribution >= 4 is 34.3 Å². The molecule has 2 saturated heterocycles. The summed E-state index contributed by atoms with van der Waals surface area (Å²) in [4.78, 5) is 44.8. The fourth-order valence-corrected chi connectivity index (χ4v) is 6.17. The van der Waals surface area contributed by atoms with Gasteiger partial charge < -0.3 is 14.2 Å². The number of carbonyl (C=O) groups excluding carboxylic acids is 3. The van der Waals surface area contributed by atoms with Gasteiger partial charge in [0.05, 0.1) is 36.1 Å². The fourth-order valence-electron chi connectivity index (χ4n) is 6.17. The predicted molar refractivity (Wildman–Crippen MR) is 126 cm³/mol. The Morgan fingerprint density at radius 3 is 2.81 bits per heavy atom. The van der Waals surface area contributed by atoms with Gasteiger partial charge in [-0.1, -0.05) is 11.2 Å². The van der Waals surface area contributed by atoms with E-state index in [1.165, 1.54) is 0 Å². The van der Waals surface area contributed by atoms with Crippen LogP contribution in [0.15, 0.2) is 35.0 Å². The Bertz CT molecular complexity index is 1380. The molecule has 0 bridgehead atoms. The van der Waals surface area contributed by atoms with E-state index in [-0.39, 0.29) is 24.7 Å². The second kappa shape index (κ2) is 8.19. The third-order valence-electron chi connectivity index (χ3n) is 7.60. The Kier molecular flexibility index (Phi) is 5.18. The molecule has 2 amide bonds. The van der Waals surface area contributed by atoms with Crippen molar-refractivity contribution in [2.75, 3.05) is 11.4 Å². The summed E-state index contributed by atoms with van der Waals surface area (Å²) < 4.78 is 27.6. The molecule has 0 aliphatic carbocycles. The molecule has 3 aromatic rings. The van der Waals surface area contributed by atoms with Gasteiger partial charge in [0.1, 0.15) is 5.41 Å². The lowest BCUT2D eigenvalue weighted by Gasteiger charge is -2.55. The molecule has 3 aliphatic heterocycles. The van der Waals surface area contributed by atoms with Crippen LogP contribution in [0.3, 0.4) is 0 Å². The minimum Gasteiger partial charge on any atom is -0.372 e. The molecule has 186 valence electrons. The summed E-state index contributed by atoms with van der Waals surface area (Å²) in [6, 6.07) is 6.65. The number of imide groups is 1. The summed E-state index contributed by atoms with van der Waals surface area (Å²) in [6.07, 6.45) is 1.53. The van der Waals surface area contributed by atoms with Crippen LogP contribution in [-0.2, 0) is 38.4 Å². The lowest BCUT2D eigenvalue weighted by molar-refractivity contribution is -0.158. The van der Waals surface area contributed by atoms with Gasteiger partial charge in [0.25, 0.3) is 0 Å². The number of piperidine rings is 1. The molecule has 36 heavy (non-hydrogen) atoms. The van der Waals surface area contributed by atoms with E-state index < -0.39 is 47.4 Å². The minimum atomic E-state index is -1.56. The number of Topliss-reactive ketones (excluding diaryl/α,β-unsaturated/α-hetero) is 1. The van der Waals surface area contributed by atoms with Crippen molar-refractivity contribution in [2.45, 2.75) is 57.8 Å². The van der Waals surface area contributed by atoms with Gasteiger partial charge >= 0.3 is 0 Å². The lowest BCUT2D eigenvalue weighted by atomic mass is 9.63. The average molecular weight is 493 g/mol. The zero-order valence-electron chi connectivity index (χ0n) is 19.9. The normalized spacial score (nSPS) is 27.8. The largest absolute Gasteiger partial charge is 0.372 e. The summed E-state index contributed by atoms with van der Waals surface area (Å²) >= 11 is 0. The second-order valence-corrected chi connectivity index (χ2v) is 9.90. The standard InChI is InChI=1S/C26H25FN4O5/c1-13-12-31-22-15(11-26(24(31)14(2)35-13)19(32)10-20(33)29-25(26)34)9-17-18(30-36-23(17)21(22)27)7-6-16-5-3-4-8-28-16/h3-5,8-9,13-14,24H,6-7,10-12H2,1-2H3,(H,29,33,34)/t13-,14+,24-,26?/m1/s1. The van der Waals surface area contributed by atoms with E-state index in [4.69, 9.17) is 9.26 Å². The Labute approximate surface area is 206 Å². The van der Waals surface area contributed by atoms with Gasteiger partial charge in [-0.3, -0.25) is 24.7 Å². The highest BCUT2D eigenvalue weighted by Crippen LogP contribution is 2.50. The van der Waals surface area contributed by atoms with Gasteiger partial charge in [-0.25, -0.2) is 4.39 Å². The van der Waals surface area contributed by atoms with Crippen molar-refractivity contribution in [3.8, 4) is 0 Å². The van der Waals surface area contributed by atoms with Crippen LogP contribution in [0, 0.1) is 11.2 Å². The second-order valence-electron chi connectivity index (χ2n) is 9.90. The number of amides is 2. The van der Waals surface area contributed by atoms with Crippen LogP contribution < -0.4 is 10.2 Å². The third kappa shape index (κ3) is 3.27. The number of hydrogen-bond acceptors (Lipinski definition) is 8. The maximum absolute atomic E-state index is 16.1. The SMILES string of the molecule is C[C@@H]1CN2c3c(cc4c(CCc5ccccn5)noc4c3F)CC3(C(=O)CC(=O)NC3=O)[C@H]2[C@H](C)O1. The topological polar surface area (TPSA) is 115 Å². The first-order chi connectivity index (χ1) is 17.3. The van der Waals surface area contributed by atoms with Crippen molar-refractivity contribution in [3.63, 3.8) is 0 Å². The van der Waals surface area contributed by atoms with Crippen molar-refractivity contribution in [2.24, 2.45) is 5.41 Å². The number of anilines is 1. The van der Waals surface area contributed by atoms with Crippen molar-refractivity contribution in [1.29, 1.82) is 0 Å². The van der Waals surface area contributed by atoms with Crippen LogP contribution in [0.5, 0.6) is 0 Å². The monoisotopic (exact) mass is 492 g/mol. The van der Waals surface area contributed by atoms with E-state index >= 15 is 4.39 Å². The fraction of sp³-hybridized carbons (Fsp3) is 0.423. The van der Waals surface area contributed by atoms with E-state index in [2.05, 4.69) is 15.5 Å². The van der Waals surface area contributed by atoms with E-state index in [0.717, 1.165) is 5.69 Å². The summed E-state index contributed by atoms with van der Waals surface area (Å²) in [7, 11) is 0. The molecule has 3 aliphatic rings. The molecule has 0 radical (unpaired) electrons. The maximum atomic E-state index is 16.1.